The smallest absolute Gasteiger partial charge is 0.324 e. The fourth-order valence-electron chi connectivity index (χ4n) is 3.41. The number of fused-ring (bicyclic) bond motifs is 3. The van der Waals surface area contributed by atoms with Crippen molar-refractivity contribution in [2.24, 2.45) is 4.99 Å². The molecule has 1 aliphatic rings. The molecule has 0 unspecified atom stereocenters. The van der Waals surface area contributed by atoms with Crippen molar-refractivity contribution in [3.8, 4) is 5.69 Å². The fourth-order valence-corrected chi connectivity index (χ4v) is 3.81. The highest BCUT2D eigenvalue weighted by Gasteiger charge is 2.30. The molecule has 0 amide bonds. The average molecular weight is 449 g/mol. The van der Waals surface area contributed by atoms with Crippen LogP contribution in [-0.4, -0.2) is 23.9 Å². The van der Waals surface area contributed by atoms with Crippen molar-refractivity contribution in [1.82, 2.24) is 4.98 Å². The van der Waals surface area contributed by atoms with Crippen LogP contribution >= 0.6 is 23.2 Å². The van der Waals surface area contributed by atoms with E-state index in [1.165, 1.54) is 18.2 Å². The topological polar surface area (TPSA) is 38.4 Å². The molecule has 1 aliphatic heterocycles. The summed E-state index contributed by atoms with van der Waals surface area (Å²) >= 11 is 12.8. The van der Waals surface area contributed by atoms with Crippen molar-refractivity contribution in [2.75, 3.05) is 13.2 Å². The van der Waals surface area contributed by atoms with Crippen LogP contribution in [-0.2, 0) is 17.7 Å². The third-order valence-corrected chi connectivity index (χ3v) is 5.64. The van der Waals surface area contributed by atoms with Gasteiger partial charge in [-0.15, -0.1) is 0 Å². The van der Waals surface area contributed by atoms with Crippen LogP contribution < -0.4 is 4.57 Å². The molecule has 0 saturated carbocycles. The summed E-state index contributed by atoms with van der Waals surface area (Å²) in [4.78, 5) is 9.01. The van der Waals surface area contributed by atoms with Gasteiger partial charge in [-0.2, -0.15) is 4.57 Å². The summed E-state index contributed by atoms with van der Waals surface area (Å²) in [5.41, 5.74) is 1.77. The van der Waals surface area contributed by atoms with Gasteiger partial charge in [-0.25, -0.2) is 8.78 Å². The Balaban J connectivity index is 1.92. The highest BCUT2D eigenvalue weighted by Crippen LogP contribution is 2.33. The zero-order valence-corrected chi connectivity index (χ0v) is 17.6. The molecule has 4 rings (SSSR count). The van der Waals surface area contributed by atoms with Gasteiger partial charge in [0.1, 0.15) is 36.3 Å². The molecule has 30 heavy (non-hydrogen) atoms. The van der Waals surface area contributed by atoms with Gasteiger partial charge < -0.3 is 4.74 Å². The van der Waals surface area contributed by atoms with Crippen LogP contribution in [0.25, 0.3) is 5.69 Å². The Bertz CT molecular complexity index is 1130. The zero-order valence-electron chi connectivity index (χ0n) is 16.1. The molecule has 0 radical (unpaired) electrons. The first-order valence-corrected chi connectivity index (χ1v) is 10.2. The standard InChI is InChI=1S/C22H18Cl2F2N3O/c1-2-30-9-8-13-10-27-18-11-28-22(19-15(25)4-3-5-16(19)26)20-17(29(18)12-13)7-6-14(23)21(20)24/h3-7,10,12H,2,8-9,11H2,1H3/q+1. The van der Waals surface area contributed by atoms with E-state index in [0.29, 0.717) is 36.7 Å². The van der Waals surface area contributed by atoms with Crippen molar-refractivity contribution >= 4 is 28.9 Å². The molecule has 2 aromatic carbocycles. The predicted octanol–water partition coefficient (Wildman–Crippen LogP) is 4.87. The van der Waals surface area contributed by atoms with E-state index in [0.717, 1.165) is 5.56 Å². The zero-order chi connectivity index (χ0) is 21.3. The highest BCUT2D eigenvalue weighted by molar-refractivity contribution is 6.45. The van der Waals surface area contributed by atoms with Crippen LogP contribution in [0.1, 0.15) is 29.4 Å². The van der Waals surface area contributed by atoms with Crippen LogP contribution in [0.2, 0.25) is 10.0 Å². The molecule has 0 N–H and O–H groups in total. The lowest BCUT2D eigenvalue weighted by atomic mass is 9.99. The summed E-state index contributed by atoms with van der Waals surface area (Å²) in [6.45, 7) is 3.26. The maximum Gasteiger partial charge on any atom is 0.324 e. The van der Waals surface area contributed by atoms with E-state index < -0.39 is 11.6 Å². The minimum atomic E-state index is -0.725. The lowest BCUT2D eigenvalue weighted by molar-refractivity contribution is -0.608. The number of hydrogen-bond acceptors (Lipinski definition) is 3. The Kier molecular flexibility index (Phi) is 6.09. The molecule has 0 saturated heterocycles. The summed E-state index contributed by atoms with van der Waals surface area (Å²) in [6, 6.07) is 7.08. The van der Waals surface area contributed by atoms with Crippen LogP contribution in [0, 0.1) is 11.6 Å². The van der Waals surface area contributed by atoms with Crippen molar-refractivity contribution < 1.29 is 18.1 Å². The van der Waals surface area contributed by atoms with Crippen LogP contribution in [0.5, 0.6) is 0 Å². The highest BCUT2D eigenvalue weighted by atomic mass is 35.5. The maximum atomic E-state index is 14.6. The molecular weight excluding hydrogens is 431 g/mol. The first-order valence-electron chi connectivity index (χ1n) is 9.46. The molecule has 0 spiro atoms. The van der Waals surface area contributed by atoms with Crippen molar-refractivity contribution in [1.29, 1.82) is 0 Å². The van der Waals surface area contributed by atoms with E-state index in [2.05, 4.69) is 9.98 Å². The van der Waals surface area contributed by atoms with E-state index in [4.69, 9.17) is 27.9 Å². The third kappa shape index (κ3) is 3.83. The summed E-state index contributed by atoms with van der Waals surface area (Å²) in [7, 11) is 0. The second kappa shape index (κ2) is 8.76. The minimum Gasteiger partial charge on any atom is -0.381 e. The van der Waals surface area contributed by atoms with Crippen molar-refractivity contribution in [3.05, 3.63) is 86.9 Å². The summed E-state index contributed by atoms with van der Waals surface area (Å²) in [6.07, 6.45) is 4.35. The van der Waals surface area contributed by atoms with Gasteiger partial charge in [0, 0.05) is 18.6 Å². The first kappa shape index (κ1) is 20.8. The number of aromatic nitrogens is 2. The Labute approximate surface area is 182 Å². The van der Waals surface area contributed by atoms with Gasteiger partial charge >= 0.3 is 5.82 Å². The predicted molar refractivity (Wildman–Crippen MR) is 112 cm³/mol. The summed E-state index contributed by atoms with van der Waals surface area (Å²) in [5.74, 6) is -0.837. The first-order chi connectivity index (χ1) is 14.5. The van der Waals surface area contributed by atoms with E-state index in [9.17, 15) is 8.78 Å². The van der Waals surface area contributed by atoms with E-state index >= 15 is 0 Å². The van der Waals surface area contributed by atoms with Gasteiger partial charge in [0.15, 0.2) is 0 Å². The normalized spacial score (nSPS) is 12.8. The largest absolute Gasteiger partial charge is 0.381 e. The molecule has 1 aromatic heterocycles. The number of rotatable bonds is 5. The van der Waals surface area contributed by atoms with Crippen LogP contribution in [0.3, 0.4) is 0 Å². The quantitative estimate of drug-likeness (QED) is 0.412. The Morgan fingerprint density at radius 3 is 2.60 bits per heavy atom. The van der Waals surface area contributed by atoms with Gasteiger partial charge in [0.25, 0.3) is 0 Å². The van der Waals surface area contributed by atoms with Crippen molar-refractivity contribution in [2.45, 2.75) is 19.9 Å². The molecule has 2 heterocycles. The Morgan fingerprint density at radius 1 is 1.10 bits per heavy atom. The van der Waals surface area contributed by atoms with E-state index in [1.54, 1.807) is 18.3 Å². The van der Waals surface area contributed by atoms with Crippen LogP contribution in [0.15, 0.2) is 47.7 Å². The number of aliphatic imine (C=N–C) groups is 1. The lowest BCUT2D eigenvalue weighted by Gasteiger charge is -2.13. The second-order valence-corrected chi connectivity index (χ2v) is 7.50. The van der Waals surface area contributed by atoms with Crippen LogP contribution in [0.4, 0.5) is 8.78 Å². The van der Waals surface area contributed by atoms with E-state index in [1.807, 2.05) is 17.7 Å². The fraction of sp³-hybridized carbons (Fsp3) is 0.227. The average Bonchev–Trinajstić information content (AvgIpc) is 2.88. The third-order valence-electron chi connectivity index (χ3n) is 4.84. The van der Waals surface area contributed by atoms with Gasteiger partial charge in [0.05, 0.1) is 33.5 Å². The van der Waals surface area contributed by atoms with Gasteiger partial charge in [-0.3, -0.25) is 4.99 Å². The van der Waals surface area contributed by atoms with Gasteiger partial charge in [0.2, 0.25) is 0 Å². The second-order valence-electron chi connectivity index (χ2n) is 6.71. The van der Waals surface area contributed by atoms with Gasteiger partial charge in [-0.05, 0) is 31.2 Å². The molecule has 0 fully saturated rings. The molecule has 3 aromatic rings. The molecule has 4 nitrogen and oxygen atoms in total. The van der Waals surface area contributed by atoms with E-state index in [-0.39, 0.29) is 27.9 Å². The molecule has 0 atom stereocenters. The minimum absolute atomic E-state index is 0.106. The number of hydrogen-bond donors (Lipinski definition) is 0. The lowest BCUT2D eigenvalue weighted by Crippen LogP contribution is -2.38. The molecule has 0 aliphatic carbocycles. The molecule has 0 bridgehead atoms. The molecule has 154 valence electrons. The number of nitrogens with zero attached hydrogens (tertiary/aromatic N) is 3. The number of ether oxygens (including phenoxy) is 1. The summed E-state index contributed by atoms with van der Waals surface area (Å²) < 4.78 is 36.5. The van der Waals surface area contributed by atoms with Crippen molar-refractivity contribution in [3.63, 3.8) is 0 Å². The Morgan fingerprint density at radius 2 is 1.87 bits per heavy atom. The van der Waals surface area contributed by atoms with Gasteiger partial charge in [-0.1, -0.05) is 34.3 Å². The summed E-state index contributed by atoms with van der Waals surface area (Å²) in [5, 5.41) is 0.444. The molecular formula is C22H18Cl2F2N3O+. The maximum absolute atomic E-state index is 14.6. The monoisotopic (exact) mass is 448 g/mol. The molecule has 8 heteroatoms. The SMILES string of the molecule is CCOCCc1cnc2[n+](c1)-c1ccc(Cl)c(Cl)c1C(c1c(F)cccc1F)=NC2. The Hall–Kier alpha value is -2.41. The number of benzene rings is 2. The number of halogens is 4.